The van der Waals surface area contributed by atoms with Gasteiger partial charge in [0.1, 0.15) is 17.6 Å². The van der Waals surface area contributed by atoms with Crippen molar-refractivity contribution in [2.24, 2.45) is 0 Å². The average Bonchev–Trinajstić information content (AvgIpc) is 2.82. The number of aromatic hydroxyl groups is 1. The Kier molecular flexibility index (Phi) is 3.63. The predicted molar refractivity (Wildman–Crippen MR) is 88.9 cm³/mol. The minimum absolute atomic E-state index is 0.153. The summed E-state index contributed by atoms with van der Waals surface area (Å²) in [5.41, 5.74) is 3.34. The van der Waals surface area contributed by atoms with E-state index >= 15 is 0 Å². The van der Waals surface area contributed by atoms with Crippen molar-refractivity contribution < 1.29 is 9.50 Å². The van der Waals surface area contributed by atoms with E-state index in [2.05, 4.69) is 6.07 Å². The molecule has 0 aliphatic heterocycles. The molecule has 4 heteroatoms. The van der Waals surface area contributed by atoms with Crippen LogP contribution < -0.4 is 0 Å². The lowest BCUT2D eigenvalue weighted by molar-refractivity contribution is 0.475. The van der Waals surface area contributed by atoms with Crippen LogP contribution in [0.4, 0.5) is 4.39 Å². The first-order chi connectivity index (χ1) is 11.0. The number of aromatic nitrogens is 1. The molecule has 0 unspecified atom stereocenters. The van der Waals surface area contributed by atoms with E-state index < -0.39 is 5.82 Å². The van der Waals surface area contributed by atoms with Crippen LogP contribution in [0.3, 0.4) is 0 Å². The van der Waals surface area contributed by atoms with E-state index in [1.807, 2.05) is 24.5 Å². The topological polar surface area (TPSA) is 49.0 Å². The molecule has 0 fully saturated rings. The van der Waals surface area contributed by atoms with Crippen molar-refractivity contribution in [3.05, 3.63) is 65.1 Å². The molecular formula is C19H15FN2O. The highest BCUT2D eigenvalue weighted by molar-refractivity contribution is 5.93. The second-order valence-electron chi connectivity index (χ2n) is 5.58. The van der Waals surface area contributed by atoms with Crippen LogP contribution in [0.5, 0.6) is 5.75 Å². The highest BCUT2D eigenvalue weighted by atomic mass is 19.1. The second kappa shape index (κ2) is 5.62. The summed E-state index contributed by atoms with van der Waals surface area (Å²) in [6, 6.07) is 13.5. The maximum absolute atomic E-state index is 14.3. The highest BCUT2D eigenvalue weighted by Crippen LogP contribution is 2.32. The average molecular weight is 306 g/mol. The monoisotopic (exact) mass is 306 g/mol. The fourth-order valence-corrected chi connectivity index (χ4v) is 2.72. The number of hydrogen-bond acceptors (Lipinski definition) is 2. The molecule has 0 aliphatic carbocycles. The third-order valence-corrected chi connectivity index (χ3v) is 3.62. The van der Waals surface area contributed by atoms with E-state index in [-0.39, 0.29) is 5.75 Å². The molecule has 3 aromatic rings. The predicted octanol–water partition coefficient (Wildman–Crippen LogP) is 4.77. The molecule has 0 bridgehead atoms. The van der Waals surface area contributed by atoms with Crippen molar-refractivity contribution >= 4 is 17.0 Å². The molecule has 2 aromatic carbocycles. The van der Waals surface area contributed by atoms with Crippen LogP contribution >= 0.6 is 0 Å². The van der Waals surface area contributed by atoms with Gasteiger partial charge in [0.05, 0.1) is 22.2 Å². The van der Waals surface area contributed by atoms with Gasteiger partial charge in [-0.15, -0.1) is 0 Å². The van der Waals surface area contributed by atoms with Gasteiger partial charge >= 0.3 is 0 Å². The smallest absolute Gasteiger partial charge is 0.133 e. The minimum Gasteiger partial charge on any atom is -0.508 e. The van der Waals surface area contributed by atoms with Crippen molar-refractivity contribution in [3.8, 4) is 17.5 Å². The van der Waals surface area contributed by atoms with Gasteiger partial charge in [-0.1, -0.05) is 11.6 Å². The standard InChI is InChI=1S/C19H15FN2O/c1-12(2)10-18-15(11-21)19-16(20)4-3-5-17(19)22(18)13-6-8-14(23)9-7-13/h3-10,23H,1-2H3. The lowest BCUT2D eigenvalue weighted by Gasteiger charge is -2.09. The zero-order chi connectivity index (χ0) is 16.6. The number of halogens is 1. The Bertz CT molecular complexity index is 956. The lowest BCUT2D eigenvalue weighted by Crippen LogP contribution is -1.97. The maximum Gasteiger partial charge on any atom is 0.133 e. The fourth-order valence-electron chi connectivity index (χ4n) is 2.72. The highest BCUT2D eigenvalue weighted by Gasteiger charge is 2.19. The molecule has 0 aliphatic rings. The fraction of sp³-hybridized carbons (Fsp3) is 0.105. The van der Waals surface area contributed by atoms with Gasteiger partial charge in [-0.3, -0.25) is 0 Å². The molecule has 0 amide bonds. The van der Waals surface area contributed by atoms with E-state index in [0.717, 1.165) is 11.3 Å². The van der Waals surface area contributed by atoms with E-state index in [4.69, 9.17) is 0 Å². The summed E-state index contributed by atoms with van der Waals surface area (Å²) in [4.78, 5) is 0. The van der Waals surface area contributed by atoms with E-state index in [0.29, 0.717) is 22.2 Å². The van der Waals surface area contributed by atoms with Gasteiger partial charge in [0.2, 0.25) is 0 Å². The third-order valence-electron chi connectivity index (χ3n) is 3.62. The molecule has 1 N–H and O–H groups in total. The first-order valence-electron chi connectivity index (χ1n) is 7.20. The van der Waals surface area contributed by atoms with E-state index in [1.54, 1.807) is 36.4 Å². The van der Waals surface area contributed by atoms with Gasteiger partial charge < -0.3 is 9.67 Å². The van der Waals surface area contributed by atoms with Gasteiger partial charge in [-0.2, -0.15) is 5.26 Å². The van der Waals surface area contributed by atoms with Crippen LogP contribution in [0.25, 0.3) is 22.7 Å². The Morgan fingerprint density at radius 2 is 1.87 bits per heavy atom. The summed E-state index contributed by atoms with van der Waals surface area (Å²) < 4.78 is 16.2. The Hall–Kier alpha value is -3.06. The van der Waals surface area contributed by atoms with Crippen LogP contribution in [0.15, 0.2) is 48.0 Å². The van der Waals surface area contributed by atoms with E-state index in [9.17, 15) is 14.8 Å². The zero-order valence-electron chi connectivity index (χ0n) is 12.8. The molecular weight excluding hydrogens is 291 g/mol. The summed E-state index contributed by atoms with van der Waals surface area (Å²) in [5.74, 6) is -0.263. The molecule has 3 nitrogen and oxygen atoms in total. The third kappa shape index (κ3) is 2.47. The molecule has 0 saturated heterocycles. The number of fused-ring (bicyclic) bond motifs is 1. The summed E-state index contributed by atoms with van der Waals surface area (Å²) in [7, 11) is 0. The molecule has 1 aromatic heterocycles. The lowest BCUT2D eigenvalue weighted by atomic mass is 10.1. The quantitative estimate of drug-likeness (QED) is 0.741. The van der Waals surface area contributed by atoms with Crippen molar-refractivity contribution in [2.45, 2.75) is 13.8 Å². The number of benzene rings is 2. The first-order valence-corrected chi connectivity index (χ1v) is 7.20. The first kappa shape index (κ1) is 14.9. The van der Waals surface area contributed by atoms with E-state index in [1.165, 1.54) is 6.07 Å². The number of phenolic OH excluding ortho intramolecular Hbond substituents is 1. The molecule has 23 heavy (non-hydrogen) atoms. The number of rotatable bonds is 2. The van der Waals surface area contributed by atoms with Crippen LogP contribution in [-0.4, -0.2) is 9.67 Å². The molecule has 0 spiro atoms. The molecule has 1 heterocycles. The van der Waals surface area contributed by atoms with Crippen molar-refractivity contribution in [1.29, 1.82) is 5.26 Å². The molecule has 0 atom stereocenters. The summed E-state index contributed by atoms with van der Waals surface area (Å²) >= 11 is 0. The number of hydrogen-bond donors (Lipinski definition) is 1. The Labute approximate surface area is 133 Å². The number of allylic oxidation sites excluding steroid dienone is 1. The Morgan fingerprint density at radius 3 is 2.48 bits per heavy atom. The van der Waals surface area contributed by atoms with Crippen LogP contribution in [-0.2, 0) is 0 Å². The second-order valence-corrected chi connectivity index (χ2v) is 5.58. The summed E-state index contributed by atoms with van der Waals surface area (Å²) in [6.45, 7) is 3.85. The van der Waals surface area contributed by atoms with Gasteiger partial charge in [0, 0.05) is 5.69 Å². The van der Waals surface area contributed by atoms with Crippen LogP contribution in [0, 0.1) is 17.1 Å². The van der Waals surface area contributed by atoms with Gasteiger partial charge in [-0.25, -0.2) is 4.39 Å². The largest absolute Gasteiger partial charge is 0.508 e. The van der Waals surface area contributed by atoms with Gasteiger partial charge in [0.25, 0.3) is 0 Å². The van der Waals surface area contributed by atoms with Crippen molar-refractivity contribution in [2.75, 3.05) is 0 Å². The van der Waals surface area contributed by atoms with Crippen LogP contribution in [0.2, 0.25) is 0 Å². The van der Waals surface area contributed by atoms with Crippen molar-refractivity contribution in [1.82, 2.24) is 4.57 Å². The molecule has 3 rings (SSSR count). The number of nitrogens with zero attached hydrogens (tertiary/aromatic N) is 2. The number of phenols is 1. The normalized spacial score (nSPS) is 10.5. The van der Waals surface area contributed by atoms with Crippen LogP contribution in [0.1, 0.15) is 25.1 Å². The summed E-state index contributed by atoms with van der Waals surface area (Å²) in [6.07, 6.45) is 1.87. The SMILES string of the molecule is CC(C)=Cc1c(C#N)c2c(F)cccc2n1-c1ccc(O)cc1. The summed E-state index contributed by atoms with van der Waals surface area (Å²) in [5, 5.41) is 19.4. The Balaban J connectivity index is 2.49. The number of nitriles is 1. The Morgan fingerprint density at radius 1 is 1.17 bits per heavy atom. The molecule has 0 radical (unpaired) electrons. The van der Waals surface area contributed by atoms with Gasteiger partial charge in [-0.05, 0) is 56.3 Å². The molecule has 0 saturated carbocycles. The molecule has 114 valence electrons. The maximum atomic E-state index is 14.3. The minimum atomic E-state index is -0.417. The van der Waals surface area contributed by atoms with Gasteiger partial charge in [0.15, 0.2) is 0 Å². The zero-order valence-corrected chi connectivity index (χ0v) is 12.8. The van der Waals surface area contributed by atoms with Crippen molar-refractivity contribution in [3.63, 3.8) is 0 Å².